The number of rotatable bonds is 9. The summed E-state index contributed by atoms with van der Waals surface area (Å²) in [6.07, 6.45) is 1.46. The molecule has 0 saturated carbocycles. The molecular formula is C26H32N2O4. The molecule has 0 radical (unpaired) electrons. The molecule has 32 heavy (non-hydrogen) atoms. The summed E-state index contributed by atoms with van der Waals surface area (Å²) in [6, 6.07) is 17.4. The van der Waals surface area contributed by atoms with Gasteiger partial charge in [0.15, 0.2) is 5.78 Å². The van der Waals surface area contributed by atoms with Crippen molar-refractivity contribution in [1.82, 2.24) is 10.6 Å². The van der Waals surface area contributed by atoms with Gasteiger partial charge in [0.05, 0.1) is 6.10 Å². The molecule has 0 spiro atoms. The largest absolute Gasteiger partial charge is 0.368 e. The fraction of sp³-hybridized carbons (Fsp3) is 0.423. The van der Waals surface area contributed by atoms with Crippen molar-refractivity contribution in [2.75, 3.05) is 6.61 Å². The van der Waals surface area contributed by atoms with E-state index in [0.717, 1.165) is 12.0 Å². The van der Waals surface area contributed by atoms with E-state index in [0.29, 0.717) is 18.4 Å². The molecule has 170 valence electrons. The maximum absolute atomic E-state index is 13.3. The van der Waals surface area contributed by atoms with Gasteiger partial charge in [-0.15, -0.1) is 0 Å². The summed E-state index contributed by atoms with van der Waals surface area (Å²) in [5.41, 5.74) is 1.38. The van der Waals surface area contributed by atoms with Crippen LogP contribution in [0.2, 0.25) is 0 Å². The van der Waals surface area contributed by atoms with E-state index >= 15 is 0 Å². The van der Waals surface area contributed by atoms with Gasteiger partial charge in [-0.2, -0.15) is 0 Å². The molecule has 1 aliphatic rings. The van der Waals surface area contributed by atoms with E-state index < -0.39 is 12.1 Å². The number of hydrogen-bond donors (Lipinski definition) is 2. The van der Waals surface area contributed by atoms with Crippen LogP contribution >= 0.6 is 0 Å². The first-order valence-electron chi connectivity index (χ1n) is 11.1. The van der Waals surface area contributed by atoms with E-state index in [1.165, 1.54) is 0 Å². The zero-order valence-electron chi connectivity index (χ0n) is 19.0. The topological polar surface area (TPSA) is 84.5 Å². The second-order valence-electron chi connectivity index (χ2n) is 9.13. The van der Waals surface area contributed by atoms with Crippen molar-refractivity contribution in [1.29, 1.82) is 0 Å². The molecule has 6 nitrogen and oxygen atoms in total. The van der Waals surface area contributed by atoms with Crippen molar-refractivity contribution in [3.8, 4) is 0 Å². The van der Waals surface area contributed by atoms with E-state index in [9.17, 15) is 14.4 Å². The van der Waals surface area contributed by atoms with E-state index in [-0.39, 0.29) is 35.7 Å². The van der Waals surface area contributed by atoms with Gasteiger partial charge in [0.25, 0.3) is 5.91 Å². The van der Waals surface area contributed by atoms with Crippen LogP contribution in [0.3, 0.4) is 0 Å². The summed E-state index contributed by atoms with van der Waals surface area (Å²) < 4.78 is 5.49. The normalized spacial score (nSPS) is 19.4. The summed E-state index contributed by atoms with van der Waals surface area (Å²) in [6.45, 7) is 6.07. The van der Waals surface area contributed by atoms with Crippen molar-refractivity contribution in [3.05, 3.63) is 71.8 Å². The molecule has 0 aliphatic carbocycles. The summed E-state index contributed by atoms with van der Waals surface area (Å²) in [7, 11) is 0. The quantitative estimate of drug-likeness (QED) is 0.632. The number of amides is 2. The SMILES string of the molecule is CC[C@@H]1OCC(=O)C1NC(=O)C(CC(C)(C)Cc1ccccc1)NC(=O)c1ccccc1. The molecule has 2 aromatic rings. The fourth-order valence-electron chi connectivity index (χ4n) is 4.18. The first kappa shape index (κ1) is 23.7. The highest BCUT2D eigenvalue weighted by Gasteiger charge is 2.38. The summed E-state index contributed by atoms with van der Waals surface area (Å²) in [4.78, 5) is 38.4. The van der Waals surface area contributed by atoms with Gasteiger partial charge >= 0.3 is 0 Å². The van der Waals surface area contributed by atoms with Gasteiger partial charge in [-0.3, -0.25) is 14.4 Å². The van der Waals surface area contributed by atoms with Crippen molar-refractivity contribution >= 4 is 17.6 Å². The minimum Gasteiger partial charge on any atom is -0.368 e. The standard InChI is InChI=1S/C26H32N2O4/c1-4-22-23(21(29)17-32-22)28-25(31)20(27-24(30)19-13-9-6-10-14-19)16-26(2,3)15-18-11-7-5-8-12-18/h5-14,20,22-23H,4,15-17H2,1-3H3,(H,27,30)(H,28,31)/t20?,22-,23?/m0/s1. The zero-order valence-corrected chi connectivity index (χ0v) is 19.0. The molecule has 2 aromatic carbocycles. The van der Waals surface area contributed by atoms with Crippen LogP contribution in [0, 0.1) is 5.41 Å². The molecule has 2 amide bonds. The third kappa shape index (κ3) is 6.26. The smallest absolute Gasteiger partial charge is 0.251 e. The monoisotopic (exact) mass is 436 g/mol. The lowest BCUT2D eigenvalue weighted by Crippen LogP contribution is -2.54. The van der Waals surface area contributed by atoms with Gasteiger partial charge in [-0.05, 0) is 42.4 Å². The average molecular weight is 437 g/mol. The molecule has 6 heteroatoms. The average Bonchev–Trinajstić information content (AvgIpc) is 3.13. The van der Waals surface area contributed by atoms with Crippen molar-refractivity contribution in [3.63, 3.8) is 0 Å². The Labute approximate surface area is 189 Å². The van der Waals surface area contributed by atoms with E-state index in [1.807, 2.05) is 31.2 Å². The third-order valence-electron chi connectivity index (χ3n) is 5.80. The summed E-state index contributed by atoms with van der Waals surface area (Å²) in [5, 5.41) is 5.74. The minimum atomic E-state index is -0.785. The molecule has 3 rings (SSSR count). The van der Waals surface area contributed by atoms with E-state index in [4.69, 9.17) is 4.74 Å². The lowest BCUT2D eigenvalue weighted by molar-refractivity contribution is -0.128. The second kappa shape index (κ2) is 10.6. The van der Waals surface area contributed by atoms with Crippen LogP contribution in [-0.4, -0.2) is 42.4 Å². The highest BCUT2D eigenvalue weighted by atomic mass is 16.5. The lowest BCUT2D eigenvalue weighted by Gasteiger charge is -2.31. The Morgan fingerprint density at radius 2 is 1.69 bits per heavy atom. The molecule has 1 saturated heterocycles. The molecule has 0 bridgehead atoms. The Hall–Kier alpha value is -2.99. The Balaban J connectivity index is 1.77. The minimum absolute atomic E-state index is 0.00396. The van der Waals surface area contributed by atoms with Crippen molar-refractivity contribution in [2.45, 2.75) is 58.2 Å². The number of carbonyl (C=O) groups is 3. The maximum atomic E-state index is 13.3. The van der Waals surface area contributed by atoms with Gasteiger partial charge in [0, 0.05) is 5.56 Å². The summed E-state index contributed by atoms with van der Waals surface area (Å²) in [5.74, 6) is -0.818. The molecule has 1 fully saturated rings. The number of carbonyl (C=O) groups excluding carboxylic acids is 3. The molecule has 2 unspecified atom stereocenters. The molecule has 1 aliphatic heterocycles. The van der Waals surface area contributed by atoms with E-state index in [2.05, 4.69) is 36.6 Å². The predicted octanol–water partition coefficient (Wildman–Crippen LogP) is 3.31. The van der Waals surface area contributed by atoms with Gasteiger partial charge < -0.3 is 15.4 Å². The number of nitrogens with one attached hydrogen (secondary N) is 2. The molecular weight excluding hydrogens is 404 g/mol. The Kier molecular flexibility index (Phi) is 7.80. The van der Waals surface area contributed by atoms with Crippen molar-refractivity contribution < 1.29 is 19.1 Å². The zero-order chi connectivity index (χ0) is 23.1. The van der Waals surface area contributed by atoms with Crippen LogP contribution in [0.15, 0.2) is 60.7 Å². The fourth-order valence-corrected chi connectivity index (χ4v) is 4.18. The highest BCUT2D eigenvalue weighted by molar-refractivity contribution is 5.99. The number of ether oxygens (including phenoxy) is 1. The van der Waals surface area contributed by atoms with Crippen LogP contribution in [0.4, 0.5) is 0 Å². The molecule has 2 N–H and O–H groups in total. The van der Waals surface area contributed by atoms with E-state index in [1.54, 1.807) is 24.3 Å². The first-order valence-corrected chi connectivity index (χ1v) is 11.1. The number of benzene rings is 2. The van der Waals surface area contributed by atoms with Crippen LogP contribution in [0.5, 0.6) is 0 Å². The van der Waals surface area contributed by atoms with Gasteiger partial charge in [0.2, 0.25) is 5.91 Å². The van der Waals surface area contributed by atoms with Crippen molar-refractivity contribution in [2.24, 2.45) is 5.41 Å². The number of ketones is 1. The Bertz CT molecular complexity index is 927. The maximum Gasteiger partial charge on any atom is 0.251 e. The summed E-state index contributed by atoms with van der Waals surface area (Å²) >= 11 is 0. The van der Waals surface area contributed by atoms with Crippen LogP contribution in [0.25, 0.3) is 0 Å². The Morgan fingerprint density at radius 3 is 2.31 bits per heavy atom. The second-order valence-corrected chi connectivity index (χ2v) is 9.13. The van der Waals surface area contributed by atoms with Crippen LogP contribution in [-0.2, 0) is 20.7 Å². The molecule has 3 atom stereocenters. The number of Topliss-reactive ketones (excluding diaryl/α,β-unsaturated/α-hetero) is 1. The van der Waals surface area contributed by atoms with Crippen LogP contribution in [0.1, 0.15) is 49.5 Å². The first-order chi connectivity index (χ1) is 15.3. The number of hydrogen-bond acceptors (Lipinski definition) is 4. The highest BCUT2D eigenvalue weighted by Crippen LogP contribution is 2.28. The van der Waals surface area contributed by atoms with Gasteiger partial charge in [-0.25, -0.2) is 0 Å². The Morgan fingerprint density at radius 1 is 1.06 bits per heavy atom. The third-order valence-corrected chi connectivity index (χ3v) is 5.80. The molecule has 1 heterocycles. The van der Waals surface area contributed by atoms with Crippen LogP contribution < -0.4 is 10.6 Å². The predicted molar refractivity (Wildman–Crippen MR) is 123 cm³/mol. The molecule has 0 aromatic heterocycles. The van der Waals surface area contributed by atoms with Gasteiger partial charge in [0.1, 0.15) is 18.7 Å². The lowest BCUT2D eigenvalue weighted by atomic mass is 9.79. The van der Waals surface area contributed by atoms with Gasteiger partial charge in [-0.1, -0.05) is 69.3 Å².